The molecule has 6 unspecified atom stereocenters. The summed E-state index contributed by atoms with van der Waals surface area (Å²) in [5.41, 5.74) is 0. The molecule has 0 aromatic rings. The van der Waals surface area contributed by atoms with Gasteiger partial charge in [-0.15, -0.1) is 0 Å². The van der Waals surface area contributed by atoms with Gasteiger partial charge in [-0.05, 0) is 19.3 Å². The zero-order valence-electron chi connectivity index (χ0n) is 21.0. The molecule has 0 aliphatic carbocycles. The SMILES string of the molecule is C=CC(=O)OC(CCCCCCC)C(O)CC(OC(=O)C=C)C(O)CC(OC(=O)C=C)C(O)CC. The number of aliphatic hydroxyl groups is 3. The number of esters is 3. The van der Waals surface area contributed by atoms with Crippen LogP contribution in [0.5, 0.6) is 0 Å². The Balaban J connectivity index is 5.53. The highest BCUT2D eigenvalue weighted by Gasteiger charge is 2.34. The Hall–Kier alpha value is -2.49. The van der Waals surface area contributed by atoms with Crippen LogP contribution in [0.4, 0.5) is 0 Å². The van der Waals surface area contributed by atoms with Crippen LogP contribution in [0.3, 0.4) is 0 Å². The molecule has 0 rings (SSSR count). The zero-order chi connectivity index (χ0) is 26.8. The summed E-state index contributed by atoms with van der Waals surface area (Å²) in [6, 6.07) is 0. The van der Waals surface area contributed by atoms with E-state index in [1.54, 1.807) is 6.92 Å². The van der Waals surface area contributed by atoms with Gasteiger partial charge in [0.05, 0.1) is 18.3 Å². The molecule has 9 nitrogen and oxygen atoms in total. The van der Waals surface area contributed by atoms with Gasteiger partial charge in [-0.2, -0.15) is 0 Å². The van der Waals surface area contributed by atoms with Crippen molar-refractivity contribution in [3.63, 3.8) is 0 Å². The van der Waals surface area contributed by atoms with Gasteiger partial charge in [0.2, 0.25) is 0 Å². The topological polar surface area (TPSA) is 140 Å². The average Bonchev–Trinajstić information content (AvgIpc) is 2.85. The molecule has 3 N–H and O–H groups in total. The molecule has 0 saturated heterocycles. The van der Waals surface area contributed by atoms with Crippen molar-refractivity contribution in [1.82, 2.24) is 0 Å². The highest BCUT2D eigenvalue weighted by molar-refractivity contribution is 5.82. The molecule has 0 aromatic heterocycles. The predicted molar refractivity (Wildman–Crippen MR) is 131 cm³/mol. The highest BCUT2D eigenvalue weighted by Crippen LogP contribution is 2.22. The first-order valence-electron chi connectivity index (χ1n) is 12.2. The second-order valence-corrected chi connectivity index (χ2v) is 8.32. The second-order valence-electron chi connectivity index (χ2n) is 8.32. The minimum Gasteiger partial charge on any atom is -0.456 e. The van der Waals surface area contributed by atoms with Crippen LogP contribution in [0.2, 0.25) is 0 Å². The third-order valence-corrected chi connectivity index (χ3v) is 5.55. The minimum absolute atomic E-state index is 0.235. The lowest BCUT2D eigenvalue weighted by Crippen LogP contribution is -2.43. The van der Waals surface area contributed by atoms with Crippen molar-refractivity contribution in [2.75, 3.05) is 0 Å². The summed E-state index contributed by atoms with van der Waals surface area (Å²) in [5, 5.41) is 31.9. The number of rotatable bonds is 20. The third kappa shape index (κ3) is 13.9. The van der Waals surface area contributed by atoms with E-state index in [0.29, 0.717) is 12.8 Å². The standard InChI is InChI=1S/C26H42O9/c1-6-11-12-13-14-15-21(33-24(30)8-3)19(28)16-23(35-26(32)10-5)20(29)17-22(18(27)7-2)34-25(31)9-4/h8-10,18-23,27-29H,3-7,11-17H2,1-2H3. The van der Waals surface area contributed by atoms with Crippen molar-refractivity contribution >= 4 is 17.9 Å². The molecule has 35 heavy (non-hydrogen) atoms. The Morgan fingerprint density at radius 2 is 1.06 bits per heavy atom. The number of carbonyl (C=O) groups is 3. The fourth-order valence-electron chi connectivity index (χ4n) is 3.48. The Morgan fingerprint density at radius 1 is 0.657 bits per heavy atom. The van der Waals surface area contributed by atoms with E-state index in [1.165, 1.54) is 0 Å². The molecular weight excluding hydrogens is 456 g/mol. The molecule has 0 bridgehead atoms. The summed E-state index contributed by atoms with van der Waals surface area (Å²) in [5.74, 6) is -2.32. The fourth-order valence-corrected chi connectivity index (χ4v) is 3.48. The maximum absolute atomic E-state index is 11.9. The minimum atomic E-state index is -1.42. The number of hydrogen-bond donors (Lipinski definition) is 3. The van der Waals surface area contributed by atoms with E-state index < -0.39 is 54.5 Å². The normalized spacial score (nSPS) is 16.0. The van der Waals surface area contributed by atoms with Crippen LogP contribution in [-0.2, 0) is 28.6 Å². The van der Waals surface area contributed by atoms with Crippen molar-refractivity contribution in [2.45, 2.75) is 108 Å². The second kappa shape index (κ2) is 18.8. The zero-order valence-corrected chi connectivity index (χ0v) is 21.0. The van der Waals surface area contributed by atoms with Crippen LogP contribution in [0.25, 0.3) is 0 Å². The van der Waals surface area contributed by atoms with Crippen LogP contribution < -0.4 is 0 Å². The maximum Gasteiger partial charge on any atom is 0.330 e. The molecule has 0 saturated carbocycles. The van der Waals surface area contributed by atoms with Crippen LogP contribution in [0, 0.1) is 0 Å². The van der Waals surface area contributed by atoms with Gasteiger partial charge in [-0.3, -0.25) is 0 Å². The van der Waals surface area contributed by atoms with Crippen molar-refractivity contribution in [1.29, 1.82) is 0 Å². The third-order valence-electron chi connectivity index (χ3n) is 5.55. The van der Waals surface area contributed by atoms with Crippen LogP contribution in [-0.4, -0.2) is 69.9 Å². The lowest BCUT2D eigenvalue weighted by molar-refractivity contribution is -0.165. The van der Waals surface area contributed by atoms with Gasteiger partial charge in [-0.25, -0.2) is 14.4 Å². The predicted octanol–water partition coefficient (Wildman–Crippen LogP) is 2.91. The molecule has 0 aromatic carbocycles. The highest BCUT2D eigenvalue weighted by atomic mass is 16.6. The van der Waals surface area contributed by atoms with Gasteiger partial charge in [0.1, 0.15) is 18.3 Å². The molecular formula is C26H42O9. The summed E-state index contributed by atoms with van der Waals surface area (Å²) in [6.07, 6.45) is 0.612. The van der Waals surface area contributed by atoms with E-state index in [1.807, 2.05) is 0 Å². The molecule has 200 valence electrons. The van der Waals surface area contributed by atoms with E-state index in [-0.39, 0.29) is 19.3 Å². The van der Waals surface area contributed by atoms with Crippen LogP contribution >= 0.6 is 0 Å². The van der Waals surface area contributed by atoms with E-state index in [0.717, 1.165) is 43.9 Å². The van der Waals surface area contributed by atoms with E-state index in [2.05, 4.69) is 26.7 Å². The molecule has 0 aliphatic heterocycles. The number of hydrogen-bond acceptors (Lipinski definition) is 9. The summed E-state index contributed by atoms with van der Waals surface area (Å²) < 4.78 is 15.7. The Kier molecular flexibility index (Phi) is 17.5. The number of carbonyl (C=O) groups excluding carboxylic acids is 3. The van der Waals surface area contributed by atoms with Crippen molar-refractivity contribution in [3.8, 4) is 0 Å². The van der Waals surface area contributed by atoms with E-state index in [4.69, 9.17) is 14.2 Å². The Labute approximate surface area is 208 Å². The molecule has 9 heteroatoms. The van der Waals surface area contributed by atoms with Crippen LogP contribution in [0.1, 0.15) is 71.6 Å². The average molecular weight is 499 g/mol. The van der Waals surface area contributed by atoms with Gasteiger partial charge in [0, 0.05) is 31.1 Å². The number of unbranched alkanes of at least 4 members (excludes halogenated alkanes) is 4. The monoisotopic (exact) mass is 498 g/mol. The lowest BCUT2D eigenvalue weighted by Gasteiger charge is -2.31. The molecule has 0 heterocycles. The summed E-state index contributed by atoms with van der Waals surface area (Å²) in [6.45, 7) is 13.8. The van der Waals surface area contributed by atoms with Gasteiger partial charge < -0.3 is 29.5 Å². The lowest BCUT2D eigenvalue weighted by atomic mass is 9.94. The molecule has 0 spiro atoms. The fraction of sp³-hybridized carbons (Fsp3) is 0.654. The van der Waals surface area contributed by atoms with Crippen LogP contribution in [0.15, 0.2) is 38.0 Å². The van der Waals surface area contributed by atoms with Crippen molar-refractivity contribution < 1.29 is 43.9 Å². The van der Waals surface area contributed by atoms with Gasteiger partial charge >= 0.3 is 17.9 Å². The van der Waals surface area contributed by atoms with E-state index >= 15 is 0 Å². The largest absolute Gasteiger partial charge is 0.456 e. The smallest absolute Gasteiger partial charge is 0.330 e. The first-order chi connectivity index (χ1) is 16.6. The molecule has 0 radical (unpaired) electrons. The van der Waals surface area contributed by atoms with E-state index in [9.17, 15) is 29.7 Å². The molecule has 6 atom stereocenters. The summed E-state index contributed by atoms with van der Waals surface area (Å²) in [4.78, 5) is 35.4. The molecule has 0 fully saturated rings. The number of aliphatic hydroxyl groups excluding tert-OH is 3. The summed E-state index contributed by atoms with van der Waals surface area (Å²) in [7, 11) is 0. The quantitative estimate of drug-likeness (QED) is 0.100. The van der Waals surface area contributed by atoms with Gasteiger partial charge in [-0.1, -0.05) is 59.3 Å². The molecule has 0 aliphatic rings. The first-order valence-corrected chi connectivity index (χ1v) is 12.2. The van der Waals surface area contributed by atoms with Crippen molar-refractivity contribution in [2.24, 2.45) is 0 Å². The van der Waals surface area contributed by atoms with Gasteiger partial charge in [0.15, 0.2) is 0 Å². The number of ether oxygens (including phenoxy) is 3. The molecule has 0 amide bonds. The Morgan fingerprint density at radius 3 is 1.49 bits per heavy atom. The first kappa shape index (κ1) is 32.5. The summed E-state index contributed by atoms with van der Waals surface area (Å²) >= 11 is 0. The maximum atomic E-state index is 11.9. The van der Waals surface area contributed by atoms with Gasteiger partial charge in [0.25, 0.3) is 0 Å². The van der Waals surface area contributed by atoms with Crippen molar-refractivity contribution in [3.05, 3.63) is 38.0 Å². The Bertz CT molecular complexity index is 676.